The monoisotopic (exact) mass is 379 g/mol. The third-order valence-electron chi connectivity index (χ3n) is 2.85. The van der Waals surface area contributed by atoms with Gasteiger partial charge >= 0.3 is 0 Å². The van der Waals surface area contributed by atoms with Crippen molar-refractivity contribution in [3.8, 4) is 0 Å². The molecule has 1 aromatic heterocycles. The van der Waals surface area contributed by atoms with Gasteiger partial charge in [-0.15, -0.1) is 0 Å². The van der Waals surface area contributed by atoms with E-state index in [1.54, 1.807) is 32.0 Å². The molecule has 0 spiro atoms. The Bertz CT molecular complexity index is 810. The van der Waals surface area contributed by atoms with Crippen molar-refractivity contribution in [2.45, 2.75) is 24.0 Å². The summed E-state index contributed by atoms with van der Waals surface area (Å²) in [7, 11) is -3.48. The maximum atomic E-state index is 12.4. The molecule has 0 fully saturated rings. The molecule has 0 amide bonds. The molecular formula is C13H12Cl3N3O2S. The Labute approximate surface area is 143 Å². The smallest absolute Gasteiger partial charge is 0.225 e. The first-order valence-electron chi connectivity index (χ1n) is 6.22. The number of para-hydroxylation sites is 1. The van der Waals surface area contributed by atoms with Crippen molar-refractivity contribution in [1.29, 1.82) is 0 Å². The van der Waals surface area contributed by atoms with E-state index in [0.717, 1.165) is 0 Å². The lowest BCUT2D eigenvalue weighted by molar-refractivity contribution is 0.588. The maximum Gasteiger partial charge on any atom is 0.225 e. The fourth-order valence-electron chi connectivity index (χ4n) is 1.68. The molecule has 0 atom stereocenters. The van der Waals surface area contributed by atoms with Crippen molar-refractivity contribution in [3.05, 3.63) is 39.7 Å². The fourth-order valence-corrected chi connectivity index (χ4v) is 3.39. The van der Waals surface area contributed by atoms with Crippen LogP contribution in [0.15, 0.2) is 29.2 Å². The van der Waals surface area contributed by atoms with Gasteiger partial charge in [-0.3, -0.25) is 0 Å². The predicted molar refractivity (Wildman–Crippen MR) is 89.1 cm³/mol. The Balaban J connectivity index is 2.53. The molecule has 0 saturated carbocycles. The highest BCUT2D eigenvalue weighted by atomic mass is 35.5. The van der Waals surface area contributed by atoms with Crippen LogP contribution in [-0.4, -0.2) is 23.6 Å². The van der Waals surface area contributed by atoms with Crippen LogP contribution in [0.25, 0.3) is 0 Å². The van der Waals surface area contributed by atoms with Crippen LogP contribution >= 0.6 is 34.8 Å². The quantitative estimate of drug-likeness (QED) is 0.630. The maximum absolute atomic E-state index is 12.4. The highest BCUT2D eigenvalue weighted by molar-refractivity contribution is 7.92. The normalized spacial score (nSPS) is 11.7. The molecule has 0 radical (unpaired) electrons. The summed E-state index contributed by atoms with van der Waals surface area (Å²) >= 11 is 17.6. The lowest BCUT2D eigenvalue weighted by Crippen LogP contribution is -2.15. The molecule has 5 nitrogen and oxygen atoms in total. The molecule has 0 aliphatic rings. The first kappa shape index (κ1) is 17.3. The van der Waals surface area contributed by atoms with Crippen LogP contribution in [0.2, 0.25) is 15.5 Å². The van der Waals surface area contributed by atoms with Gasteiger partial charge in [0, 0.05) is 0 Å². The minimum atomic E-state index is -3.48. The topological polar surface area (TPSA) is 72.0 Å². The average molecular weight is 381 g/mol. The predicted octanol–water partition coefficient (Wildman–Crippen LogP) is 4.36. The van der Waals surface area contributed by atoms with Crippen LogP contribution in [0.5, 0.6) is 0 Å². The molecule has 1 aromatic carbocycles. The molecule has 2 rings (SSSR count). The number of nitrogens with zero attached hydrogens (tertiary/aromatic N) is 2. The van der Waals surface area contributed by atoms with E-state index in [0.29, 0.717) is 5.69 Å². The number of sulfone groups is 1. The Morgan fingerprint density at radius 1 is 1.09 bits per heavy atom. The summed E-state index contributed by atoms with van der Waals surface area (Å²) in [4.78, 5) is 7.78. The van der Waals surface area contributed by atoms with E-state index >= 15 is 0 Å². The Hall–Kier alpha value is -1.08. The van der Waals surface area contributed by atoms with Gasteiger partial charge in [-0.1, -0.05) is 35.3 Å². The summed E-state index contributed by atoms with van der Waals surface area (Å²) in [6.45, 7) is 3.22. The van der Waals surface area contributed by atoms with Crippen LogP contribution in [0, 0.1) is 0 Å². The van der Waals surface area contributed by atoms with Gasteiger partial charge in [0.25, 0.3) is 0 Å². The van der Waals surface area contributed by atoms with Crippen LogP contribution in [0.4, 0.5) is 11.5 Å². The summed E-state index contributed by atoms with van der Waals surface area (Å²) in [5, 5.41) is 2.23. The molecule has 0 unspecified atom stereocenters. The minimum absolute atomic E-state index is 0.0200. The number of benzene rings is 1. The Morgan fingerprint density at radius 2 is 1.73 bits per heavy atom. The Kier molecular flexibility index (Phi) is 5.17. The standard InChI is InChI=1S/C13H12Cl3N3O2S/c1-7(2)22(20,21)9-6-4-3-5-8(9)17-12-10(14)11(15)18-13(16)19-12/h3-7H,1-2H3,(H,17,18,19). The molecule has 0 saturated heterocycles. The zero-order chi connectivity index (χ0) is 16.5. The number of anilines is 2. The molecule has 118 valence electrons. The van der Waals surface area contributed by atoms with E-state index in [1.165, 1.54) is 6.07 Å². The second kappa shape index (κ2) is 6.58. The summed E-state index contributed by atoms with van der Waals surface area (Å²) in [6, 6.07) is 6.45. The second-order valence-corrected chi connectivity index (χ2v) is 8.21. The van der Waals surface area contributed by atoms with Gasteiger partial charge in [0.05, 0.1) is 15.8 Å². The first-order valence-corrected chi connectivity index (χ1v) is 8.90. The SMILES string of the molecule is CC(C)S(=O)(=O)c1ccccc1Nc1nc(Cl)nc(Cl)c1Cl. The second-order valence-electron chi connectivity index (χ2n) is 4.66. The van der Waals surface area contributed by atoms with Crippen LogP contribution < -0.4 is 5.32 Å². The zero-order valence-electron chi connectivity index (χ0n) is 11.6. The van der Waals surface area contributed by atoms with Gasteiger partial charge in [-0.25, -0.2) is 13.4 Å². The molecule has 22 heavy (non-hydrogen) atoms. The van der Waals surface area contributed by atoms with Crippen molar-refractivity contribution in [2.24, 2.45) is 0 Å². The van der Waals surface area contributed by atoms with E-state index in [2.05, 4.69) is 15.3 Å². The van der Waals surface area contributed by atoms with Gasteiger partial charge in [0.1, 0.15) is 5.02 Å². The summed E-state index contributed by atoms with van der Waals surface area (Å²) in [5.74, 6) is 0.137. The van der Waals surface area contributed by atoms with E-state index in [1.807, 2.05) is 0 Å². The highest BCUT2D eigenvalue weighted by Crippen LogP contribution is 2.33. The average Bonchev–Trinajstić information content (AvgIpc) is 2.44. The third-order valence-corrected chi connectivity index (χ3v) is 5.96. The first-order chi connectivity index (χ1) is 10.2. The Morgan fingerprint density at radius 3 is 2.36 bits per heavy atom. The number of hydrogen-bond donors (Lipinski definition) is 1. The van der Waals surface area contributed by atoms with Crippen molar-refractivity contribution in [3.63, 3.8) is 0 Å². The van der Waals surface area contributed by atoms with E-state index in [9.17, 15) is 8.42 Å². The summed E-state index contributed by atoms with van der Waals surface area (Å²) < 4.78 is 24.8. The molecular weight excluding hydrogens is 369 g/mol. The lowest BCUT2D eigenvalue weighted by atomic mass is 10.3. The molecule has 1 N–H and O–H groups in total. The van der Waals surface area contributed by atoms with Crippen molar-refractivity contribution in [2.75, 3.05) is 5.32 Å². The lowest BCUT2D eigenvalue weighted by Gasteiger charge is -2.15. The highest BCUT2D eigenvalue weighted by Gasteiger charge is 2.23. The van der Waals surface area contributed by atoms with Crippen molar-refractivity contribution >= 4 is 56.1 Å². The molecule has 0 bridgehead atoms. The number of aromatic nitrogens is 2. The van der Waals surface area contributed by atoms with Gasteiger partial charge < -0.3 is 5.32 Å². The van der Waals surface area contributed by atoms with E-state index < -0.39 is 15.1 Å². The molecule has 1 heterocycles. The molecule has 2 aromatic rings. The molecule has 9 heteroatoms. The number of nitrogens with one attached hydrogen (secondary N) is 1. The fraction of sp³-hybridized carbons (Fsp3) is 0.231. The number of halogens is 3. The summed E-state index contributed by atoms with van der Waals surface area (Å²) in [6.07, 6.45) is 0. The largest absolute Gasteiger partial charge is 0.338 e. The van der Waals surface area contributed by atoms with Gasteiger partial charge in [-0.2, -0.15) is 4.98 Å². The number of hydrogen-bond acceptors (Lipinski definition) is 5. The van der Waals surface area contributed by atoms with E-state index in [-0.39, 0.29) is 26.2 Å². The van der Waals surface area contributed by atoms with E-state index in [4.69, 9.17) is 34.8 Å². The van der Waals surface area contributed by atoms with Crippen LogP contribution in [-0.2, 0) is 9.84 Å². The van der Waals surface area contributed by atoms with Gasteiger partial charge in [0.15, 0.2) is 20.8 Å². The van der Waals surface area contributed by atoms with Crippen molar-refractivity contribution < 1.29 is 8.42 Å². The summed E-state index contributed by atoms with van der Waals surface area (Å²) in [5.41, 5.74) is 0.337. The van der Waals surface area contributed by atoms with Crippen LogP contribution in [0.3, 0.4) is 0 Å². The van der Waals surface area contributed by atoms with Gasteiger partial charge in [-0.05, 0) is 37.6 Å². The molecule has 0 aliphatic heterocycles. The third kappa shape index (κ3) is 3.46. The van der Waals surface area contributed by atoms with Crippen molar-refractivity contribution in [1.82, 2.24) is 9.97 Å². The molecule has 0 aliphatic carbocycles. The number of rotatable bonds is 4. The van der Waals surface area contributed by atoms with Gasteiger partial charge in [0.2, 0.25) is 5.28 Å². The zero-order valence-corrected chi connectivity index (χ0v) is 14.7. The minimum Gasteiger partial charge on any atom is -0.338 e. The van der Waals surface area contributed by atoms with Crippen LogP contribution in [0.1, 0.15) is 13.8 Å².